The molecule has 1 heterocycles. The van der Waals surface area contributed by atoms with Gasteiger partial charge in [-0.3, -0.25) is 4.79 Å². The van der Waals surface area contributed by atoms with E-state index in [2.05, 4.69) is 55.5 Å². The molecule has 0 radical (unpaired) electrons. The summed E-state index contributed by atoms with van der Waals surface area (Å²) in [6.45, 7) is 18.7. The van der Waals surface area contributed by atoms with Crippen LogP contribution in [0, 0.1) is 36.1 Å². The summed E-state index contributed by atoms with van der Waals surface area (Å²) < 4.78 is 0. The molecular formula is C28H50N4OS. The van der Waals surface area contributed by atoms with Crippen LogP contribution in [0.2, 0.25) is 0 Å². The topological polar surface area (TPSA) is 91.8 Å². The van der Waals surface area contributed by atoms with Crippen LogP contribution in [0.25, 0.3) is 6.08 Å². The third kappa shape index (κ3) is 16.6. The van der Waals surface area contributed by atoms with E-state index >= 15 is 0 Å². The summed E-state index contributed by atoms with van der Waals surface area (Å²) in [5.74, 6) is 1.32. The zero-order valence-corrected chi connectivity index (χ0v) is 24.2. The first-order chi connectivity index (χ1) is 16.0. The molecule has 0 fully saturated rings. The molecule has 0 bridgehead atoms. The van der Waals surface area contributed by atoms with Crippen molar-refractivity contribution in [2.24, 2.45) is 23.5 Å². The van der Waals surface area contributed by atoms with Crippen LogP contribution in [0.5, 0.6) is 0 Å². The number of hydrogen-bond donors (Lipinski definition) is 2. The fraction of sp³-hybridized carbons (Fsp3) is 0.679. The number of carbonyl (C=O) groups is 1. The Bertz CT molecular complexity index is 774. The number of nitrogens with two attached hydrogens (primary N) is 1. The van der Waals surface area contributed by atoms with Crippen molar-refractivity contribution in [1.29, 1.82) is 5.26 Å². The van der Waals surface area contributed by atoms with Gasteiger partial charge in [-0.1, -0.05) is 65.2 Å². The number of thiazole rings is 1. The Labute approximate surface area is 213 Å². The second-order valence-electron chi connectivity index (χ2n) is 9.13. The highest BCUT2D eigenvalue weighted by Gasteiger charge is 2.18. The van der Waals surface area contributed by atoms with Crippen LogP contribution in [0.4, 0.5) is 0 Å². The molecule has 3 N–H and O–H groups in total. The van der Waals surface area contributed by atoms with Crippen molar-refractivity contribution in [3.63, 3.8) is 0 Å². The van der Waals surface area contributed by atoms with Crippen LogP contribution in [-0.4, -0.2) is 23.9 Å². The van der Waals surface area contributed by atoms with Gasteiger partial charge in [-0.15, -0.1) is 11.3 Å². The van der Waals surface area contributed by atoms with Crippen LogP contribution >= 0.6 is 11.3 Å². The van der Waals surface area contributed by atoms with Crippen molar-refractivity contribution in [3.05, 3.63) is 33.3 Å². The number of aryl methyl sites for hydroxylation is 1. The number of Topliss-reactive ketones (excluding diaryl/α,β-unsaturated/α-hetero) is 1. The average Bonchev–Trinajstić information content (AvgIpc) is 3.22. The maximum atomic E-state index is 12.1. The number of ketones is 1. The lowest BCUT2D eigenvalue weighted by Gasteiger charge is -2.18. The van der Waals surface area contributed by atoms with E-state index in [0.717, 1.165) is 30.0 Å². The van der Waals surface area contributed by atoms with E-state index in [1.165, 1.54) is 24.0 Å². The number of carbonyl (C=O) groups excluding carboxylic acids is 1. The molecule has 2 unspecified atom stereocenters. The standard InChI is InChI=1S/C24H40N2OS.C2H4N2.C2H6/c1-16(2)24(27)20(6)13-18(4)10-8-9-17(3)11-12-23(25)19(5)14-22-15-28-21(7)26-22;1-4-2-3;1-2/h11,14-16,18,20,23H,8-10,12-13,25H2,1-7H3;4H,1H3;1-2H3/b17-11-,19-14+;;/t18?,20?,23-;;/m0../s1. The molecule has 0 saturated carbocycles. The van der Waals surface area contributed by atoms with Gasteiger partial charge in [0.25, 0.3) is 0 Å². The molecule has 0 saturated heterocycles. The van der Waals surface area contributed by atoms with E-state index in [9.17, 15) is 4.79 Å². The third-order valence-corrected chi connectivity index (χ3v) is 6.30. The molecule has 5 nitrogen and oxygen atoms in total. The van der Waals surface area contributed by atoms with Crippen molar-refractivity contribution >= 4 is 23.2 Å². The summed E-state index contributed by atoms with van der Waals surface area (Å²) in [6.07, 6.45) is 11.4. The SMILES string of the molecule is C/C(=C/C[C@H](N)/C(C)=C/c1csc(C)n1)CCCC(C)CC(C)C(=O)C(C)C.CC.CNC#N. The van der Waals surface area contributed by atoms with Crippen molar-refractivity contribution < 1.29 is 4.79 Å². The molecule has 0 aliphatic carbocycles. The summed E-state index contributed by atoms with van der Waals surface area (Å²) in [6, 6.07) is 0.0405. The van der Waals surface area contributed by atoms with Crippen LogP contribution in [-0.2, 0) is 4.79 Å². The summed E-state index contributed by atoms with van der Waals surface area (Å²) in [5, 5.41) is 12.9. The fourth-order valence-corrected chi connectivity index (χ4v) is 4.11. The lowest BCUT2D eigenvalue weighted by atomic mass is 9.86. The number of aromatic nitrogens is 1. The maximum Gasteiger partial charge on any atom is 0.176 e. The van der Waals surface area contributed by atoms with Gasteiger partial charge < -0.3 is 11.1 Å². The normalized spacial score (nSPS) is 14.1. The van der Waals surface area contributed by atoms with Gasteiger partial charge in [-0.25, -0.2) is 4.98 Å². The van der Waals surface area contributed by atoms with E-state index in [0.29, 0.717) is 11.7 Å². The van der Waals surface area contributed by atoms with Crippen LogP contribution in [0.3, 0.4) is 0 Å². The van der Waals surface area contributed by atoms with E-state index in [-0.39, 0.29) is 17.9 Å². The molecule has 0 spiro atoms. The number of hydrogen-bond acceptors (Lipinski definition) is 6. The Balaban J connectivity index is 0. The monoisotopic (exact) mass is 490 g/mol. The Hall–Kier alpha value is -1.97. The molecule has 194 valence electrons. The number of nitrogens with zero attached hydrogens (tertiary/aromatic N) is 2. The van der Waals surface area contributed by atoms with Gasteiger partial charge in [0.15, 0.2) is 6.19 Å². The lowest BCUT2D eigenvalue weighted by Crippen LogP contribution is -2.20. The smallest absolute Gasteiger partial charge is 0.176 e. The first-order valence-corrected chi connectivity index (χ1v) is 13.5. The Morgan fingerprint density at radius 1 is 1.26 bits per heavy atom. The van der Waals surface area contributed by atoms with E-state index in [4.69, 9.17) is 11.0 Å². The minimum atomic E-state index is 0.0405. The fourth-order valence-electron chi connectivity index (χ4n) is 3.54. The summed E-state index contributed by atoms with van der Waals surface area (Å²) in [7, 11) is 1.57. The lowest BCUT2D eigenvalue weighted by molar-refractivity contribution is -0.125. The molecule has 1 aromatic heterocycles. The summed E-state index contributed by atoms with van der Waals surface area (Å²) >= 11 is 1.67. The van der Waals surface area contributed by atoms with Gasteiger partial charge in [0.1, 0.15) is 5.78 Å². The van der Waals surface area contributed by atoms with E-state index < -0.39 is 0 Å². The highest BCUT2D eigenvalue weighted by molar-refractivity contribution is 7.09. The zero-order chi connectivity index (χ0) is 26.7. The molecule has 0 aromatic carbocycles. The highest BCUT2D eigenvalue weighted by atomic mass is 32.1. The van der Waals surface area contributed by atoms with Crippen LogP contribution in [0.15, 0.2) is 22.6 Å². The van der Waals surface area contributed by atoms with Gasteiger partial charge in [-0.05, 0) is 58.4 Å². The van der Waals surface area contributed by atoms with Gasteiger partial charge in [0.2, 0.25) is 0 Å². The Kier molecular flexibility index (Phi) is 20.5. The van der Waals surface area contributed by atoms with Crippen LogP contribution in [0.1, 0.15) is 98.2 Å². The average molecular weight is 491 g/mol. The number of nitrogens with one attached hydrogen (secondary N) is 1. The Morgan fingerprint density at radius 2 is 1.85 bits per heavy atom. The zero-order valence-electron chi connectivity index (χ0n) is 23.4. The molecule has 3 atom stereocenters. The second-order valence-corrected chi connectivity index (χ2v) is 10.2. The molecule has 0 aliphatic rings. The summed E-state index contributed by atoms with van der Waals surface area (Å²) in [4.78, 5) is 16.5. The van der Waals surface area contributed by atoms with Crippen molar-refractivity contribution in [1.82, 2.24) is 10.3 Å². The highest BCUT2D eigenvalue weighted by Crippen LogP contribution is 2.22. The number of nitriles is 1. The minimum absolute atomic E-state index is 0.0405. The number of rotatable bonds is 12. The first kappa shape index (κ1) is 34.2. The van der Waals surface area contributed by atoms with Crippen LogP contribution < -0.4 is 11.1 Å². The van der Waals surface area contributed by atoms with Gasteiger partial charge in [-0.2, -0.15) is 5.26 Å². The molecule has 34 heavy (non-hydrogen) atoms. The predicted molar refractivity (Wildman–Crippen MR) is 150 cm³/mol. The molecule has 0 aliphatic heterocycles. The quantitative estimate of drug-likeness (QED) is 0.182. The van der Waals surface area contributed by atoms with Crippen molar-refractivity contribution in [2.45, 2.75) is 100 Å². The van der Waals surface area contributed by atoms with E-state index in [1.807, 2.05) is 34.6 Å². The van der Waals surface area contributed by atoms with Gasteiger partial charge in [0.05, 0.1) is 10.7 Å². The summed E-state index contributed by atoms with van der Waals surface area (Å²) in [5.41, 5.74) is 9.93. The van der Waals surface area contributed by atoms with E-state index in [1.54, 1.807) is 24.6 Å². The maximum absolute atomic E-state index is 12.1. The minimum Gasteiger partial charge on any atom is -0.327 e. The van der Waals surface area contributed by atoms with Gasteiger partial charge >= 0.3 is 0 Å². The Morgan fingerprint density at radius 3 is 2.32 bits per heavy atom. The third-order valence-electron chi connectivity index (χ3n) is 5.51. The number of allylic oxidation sites excluding steroid dienone is 1. The second kappa shape index (κ2) is 20.4. The largest absolute Gasteiger partial charge is 0.327 e. The predicted octanol–water partition coefficient (Wildman–Crippen LogP) is 7.29. The van der Waals surface area contributed by atoms with Crippen molar-refractivity contribution in [2.75, 3.05) is 7.05 Å². The van der Waals surface area contributed by atoms with Crippen molar-refractivity contribution in [3.8, 4) is 6.19 Å². The van der Waals surface area contributed by atoms with Gasteiger partial charge in [0, 0.05) is 30.3 Å². The molecular weight excluding hydrogens is 440 g/mol. The first-order valence-electron chi connectivity index (χ1n) is 12.6. The molecule has 1 rings (SSSR count). The molecule has 0 amide bonds. The molecule has 6 heteroatoms. The molecule has 1 aromatic rings.